The fourth-order valence-electron chi connectivity index (χ4n) is 9.61. The van der Waals surface area contributed by atoms with E-state index in [4.69, 9.17) is 4.42 Å². The van der Waals surface area contributed by atoms with Crippen LogP contribution >= 0.6 is 11.3 Å². The van der Waals surface area contributed by atoms with Crippen molar-refractivity contribution < 1.29 is 4.42 Å². The van der Waals surface area contributed by atoms with Gasteiger partial charge in [0.15, 0.2) is 0 Å². The molecule has 0 aliphatic heterocycles. The molecule has 0 radical (unpaired) electrons. The van der Waals surface area contributed by atoms with Gasteiger partial charge in [0.05, 0.1) is 5.69 Å². The topological polar surface area (TPSA) is 16.4 Å². The van der Waals surface area contributed by atoms with Crippen molar-refractivity contribution in [1.82, 2.24) is 0 Å². The van der Waals surface area contributed by atoms with Crippen molar-refractivity contribution in [2.45, 2.75) is 19.3 Å². The van der Waals surface area contributed by atoms with Crippen LogP contribution in [-0.2, 0) is 5.41 Å². The van der Waals surface area contributed by atoms with Gasteiger partial charge in [-0.15, -0.1) is 11.3 Å². The maximum atomic E-state index is 6.26. The van der Waals surface area contributed by atoms with Crippen molar-refractivity contribution >= 4 is 81.3 Å². The predicted molar refractivity (Wildman–Crippen MR) is 247 cm³/mol. The number of furan rings is 1. The van der Waals surface area contributed by atoms with E-state index in [9.17, 15) is 0 Å². The molecule has 0 spiro atoms. The van der Waals surface area contributed by atoms with Gasteiger partial charge in [-0.1, -0.05) is 135 Å². The molecule has 3 heteroatoms. The molecule has 0 saturated carbocycles. The van der Waals surface area contributed by atoms with Crippen molar-refractivity contribution in [3.63, 3.8) is 0 Å². The average Bonchev–Trinajstić information content (AvgIpc) is 3.91. The Morgan fingerprint density at radius 1 is 0.431 bits per heavy atom. The normalized spacial score (nSPS) is 13.1. The SMILES string of the molecule is CC1(C)c2ccccc2-c2ccc(N(c3ccc4cc(-c5ccc6c(c5)oc5ccccc56)ccc4c3)c3ccccc3-c3cccc4sc5ccccc5c34)cc21. The third kappa shape index (κ3) is 4.97. The maximum absolute atomic E-state index is 6.26. The molecule has 12 rings (SSSR count). The molecule has 0 atom stereocenters. The third-order valence-electron chi connectivity index (χ3n) is 12.5. The molecule has 274 valence electrons. The molecule has 9 aromatic carbocycles. The summed E-state index contributed by atoms with van der Waals surface area (Å²) in [4.78, 5) is 2.48. The molecule has 1 aliphatic rings. The van der Waals surface area contributed by atoms with Crippen LogP contribution in [0.3, 0.4) is 0 Å². The highest BCUT2D eigenvalue weighted by atomic mass is 32.1. The summed E-state index contributed by atoms with van der Waals surface area (Å²) >= 11 is 1.87. The van der Waals surface area contributed by atoms with Crippen LogP contribution in [0.25, 0.3) is 86.3 Å². The lowest BCUT2D eigenvalue weighted by Crippen LogP contribution is -2.16. The number of thiophene rings is 1. The minimum atomic E-state index is -0.126. The van der Waals surface area contributed by atoms with E-state index < -0.39 is 0 Å². The minimum absolute atomic E-state index is 0.126. The Morgan fingerprint density at radius 2 is 1.07 bits per heavy atom. The van der Waals surface area contributed by atoms with Crippen molar-refractivity contribution in [2.75, 3.05) is 4.90 Å². The summed E-state index contributed by atoms with van der Waals surface area (Å²) in [5, 5.41) is 7.29. The van der Waals surface area contributed by atoms with Crippen LogP contribution in [0, 0.1) is 0 Å². The lowest BCUT2D eigenvalue weighted by atomic mass is 9.82. The highest BCUT2D eigenvalue weighted by molar-refractivity contribution is 7.25. The molecule has 2 aromatic heterocycles. The van der Waals surface area contributed by atoms with Crippen LogP contribution in [0.2, 0.25) is 0 Å². The summed E-state index contributed by atoms with van der Waals surface area (Å²) < 4.78 is 8.88. The van der Waals surface area contributed by atoms with Gasteiger partial charge < -0.3 is 9.32 Å². The molecule has 2 heterocycles. The summed E-state index contributed by atoms with van der Waals surface area (Å²) in [6.07, 6.45) is 0. The highest BCUT2D eigenvalue weighted by Crippen LogP contribution is 2.52. The van der Waals surface area contributed by atoms with Crippen LogP contribution in [0.1, 0.15) is 25.0 Å². The van der Waals surface area contributed by atoms with Crippen LogP contribution < -0.4 is 4.90 Å². The van der Waals surface area contributed by atoms with Gasteiger partial charge in [-0.05, 0) is 116 Å². The van der Waals surface area contributed by atoms with Gasteiger partial charge in [-0.3, -0.25) is 0 Å². The third-order valence-corrected chi connectivity index (χ3v) is 13.6. The Bertz CT molecular complexity index is 3460. The second-order valence-corrected chi connectivity index (χ2v) is 17.2. The Hall–Kier alpha value is -6.94. The zero-order valence-corrected chi connectivity index (χ0v) is 33.0. The number of rotatable bonds is 5. The quantitative estimate of drug-likeness (QED) is 0.174. The Morgan fingerprint density at radius 3 is 2.00 bits per heavy atom. The van der Waals surface area contributed by atoms with E-state index in [0.29, 0.717) is 0 Å². The van der Waals surface area contributed by atoms with Crippen molar-refractivity contribution in [3.05, 3.63) is 199 Å². The zero-order chi connectivity index (χ0) is 38.5. The summed E-state index contributed by atoms with van der Waals surface area (Å²) in [6, 6.07) is 69.1. The largest absolute Gasteiger partial charge is 0.456 e. The van der Waals surface area contributed by atoms with Gasteiger partial charge in [0.2, 0.25) is 0 Å². The molecule has 11 aromatic rings. The van der Waals surface area contributed by atoms with Gasteiger partial charge in [0, 0.05) is 53.3 Å². The molecule has 0 fully saturated rings. The predicted octanol–water partition coefficient (Wildman–Crippen LogP) is 16.2. The van der Waals surface area contributed by atoms with E-state index >= 15 is 0 Å². The Balaban J connectivity index is 1.03. The minimum Gasteiger partial charge on any atom is -0.456 e. The molecule has 1 aliphatic carbocycles. The first-order valence-electron chi connectivity index (χ1n) is 20.0. The first kappa shape index (κ1) is 33.2. The molecule has 2 nitrogen and oxygen atoms in total. The molecule has 0 saturated heterocycles. The van der Waals surface area contributed by atoms with Crippen molar-refractivity contribution in [2.24, 2.45) is 0 Å². The van der Waals surface area contributed by atoms with E-state index in [1.54, 1.807) is 0 Å². The number of hydrogen-bond donors (Lipinski definition) is 0. The molecular formula is C55H37NOS. The number of hydrogen-bond acceptors (Lipinski definition) is 3. The summed E-state index contributed by atoms with van der Waals surface area (Å²) in [7, 11) is 0. The average molecular weight is 760 g/mol. The molecule has 0 bridgehead atoms. The standard InChI is InChI=1S/C55H37NOS/c1-55(2)47-17-7-3-12-40(47)41-29-27-39(33-48(41)55)56(49-18-8-4-13-42(49)45-16-11-21-53-54(45)46-15-6-10-20-52(46)58-53)38-26-24-35-30-34(22-23-36(35)31-38)37-25-28-44-43-14-5-9-19-50(43)57-51(44)32-37/h3-33H,1-2H3. The van der Waals surface area contributed by atoms with Crippen LogP contribution in [0.15, 0.2) is 192 Å². The van der Waals surface area contributed by atoms with E-state index in [0.717, 1.165) is 44.6 Å². The molecular weight excluding hydrogens is 723 g/mol. The fraction of sp³-hybridized carbons (Fsp3) is 0.0545. The van der Waals surface area contributed by atoms with Crippen LogP contribution in [-0.4, -0.2) is 0 Å². The highest BCUT2D eigenvalue weighted by Gasteiger charge is 2.36. The van der Waals surface area contributed by atoms with E-state index in [1.165, 1.54) is 69.9 Å². The molecule has 0 N–H and O–H groups in total. The number of para-hydroxylation sites is 2. The second kappa shape index (κ2) is 12.5. The molecule has 0 unspecified atom stereocenters. The van der Waals surface area contributed by atoms with Gasteiger partial charge in [-0.25, -0.2) is 0 Å². The number of nitrogens with zero attached hydrogens (tertiary/aromatic N) is 1. The van der Waals surface area contributed by atoms with E-state index in [1.807, 2.05) is 23.5 Å². The number of fused-ring (bicyclic) bond motifs is 10. The summed E-state index contributed by atoms with van der Waals surface area (Å²) in [6.45, 7) is 4.73. The van der Waals surface area contributed by atoms with E-state index in [2.05, 4.69) is 195 Å². The summed E-state index contributed by atoms with van der Waals surface area (Å²) in [5.74, 6) is 0. The first-order chi connectivity index (χ1) is 28.5. The van der Waals surface area contributed by atoms with Gasteiger partial charge in [0.1, 0.15) is 11.2 Å². The Kier molecular flexibility index (Phi) is 7.18. The second-order valence-electron chi connectivity index (χ2n) is 16.1. The molecule has 58 heavy (non-hydrogen) atoms. The number of anilines is 3. The van der Waals surface area contributed by atoms with Gasteiger partial charge in [-0.2, -0.15) is 0 Å². The van der Waals surface area contributed by atoms with Crippen molar-refractivity contribution in [3.8, 4) is 33.4 Å². The maximum Gasteiger partial charge on any atom is 0.136 e. The smallest absolute Gasteiger partial charge is 0.136 e. The Labute approximate surface area is 340 Å². The first-order valence-corrected chi connectivity index (χ1v) is 20.8. The lowest BCUT2D eigenvalue weighted by molar-refractivity contribution is 0.660. The zero-order valence-electron chi connectivity index (χ0n) is 32.2. The number of benzene rings is 9. The fourth-order valence-corrected chi connectivity index (χ4v) is 10.7. The van der Waals surface area contributed by atoms with Crippen molar-refractivity contribution in [1.29, 1.82) is 0 Å². The van der Waals surface area contributed by atoms with E-state index in [-0.39, 0.29) is 5.41 Å². The monoisotopic (exact) mass is 759 g/mol. The van der Waals surface area contributed by atoms with Crippen LogP contribution in [0.5, 0.6) is 0 Å². The summed E-state index contributed by atoms with van der Waals surface area (Å²) in [5.41, 5.74) is 15.3. The molecule has 0 amide bonds. The lowest BCUT2D eigenvalue weighted by Gasteiger charge is -2.30. The van der Waals surface area contributed by atoms with Crippen LogP contribution in [0.4, 0.5) is 17.1 Å². The van der Waals surface area contributed by atoms with Gasteiger partial charge >= 0.3 is 0 Å². The van der Waals surface area contributed by atoms with Gasteiger partial charge in [0.25, 0.3) is 0 Å².